The Morgan fingerprint density at radius 1 is 0.909 bits per heavy atom. The second kappa shape index (κ2) is 6.10. The quantitative estimate of drug-likeness (QED) is 0.737. The van der Waals surface area contributed by atoms with E-state index in [0.29, 0.717) is 5.41 Å². The van der Waals surface area contributed by atoms with Crippen molar-refractivity contribution in [3.05, 3.63) is 0 Å². The van der Waals surface area contributed by atoms with Crippen LogP contribution >= 0.6 is 0 Å². The van der Waals surface area contributed by atoms with Gasteiger partial charge < -0.3 is 10.6 Å². The molecule has 0 unspecified atom stereocenters. The highest BCUT2D eigenvalue weighted by molar-refractivity contribution is 5.82. The van der Waals surface area contributed by atoms with E-state index >= 15 is 0 Å². The highest BCUT2D eigenvalue weighted by Crippen LogP contribution is 2.44. The van der Waals surface area contributed by atoms with Gasteiger partial charge in [0.15, 0.2) is 0 Å². The molecule has 0 aromatic rings. The first-order valence-corrected chi connectivity index (χ1v) is 9.22. The zero-order chi connectivity index (χ0) is 15.0. The van der Waals surface area contributed by atoms with Gasteiger partial charge in [0.2, 0.25) is 5.91 Å². The van der Waals surface area contributed by atoms with Crippen molar-refractivity contribution in [1.29, 1.82) is 0 Å². The second-order valence-corrected chi connectivity index (χ2v) is 7.82. The number of piperidine rings is 1. The van der Waals surface area contributed by atoms with E-state index in [4.69, 9.17) is 0 Å². The Balaban J connectivity index is 1.34. The molecule has 1 saturated carbocycles. The fourth-order valence-electron chi connectivity index (χ4n) is 5.17. The molecule has 3 aliphatic heterocycles. The average molecular weight is 306 g/mol. The molecule has 0 aromatic carbocycles. The van der Waals surface area contributed by atoms with Crippen LogP contribution in [0.2, 0.25) is 0 Å². The summed E-state index contributed by atoms with van der Waals surface area (Å²) in [5, 5.41) is 6.54. The van der Waals surface area contributed by atoms with Gasteiger partial charge in [-0.1, -0.05) is 0 Å². The number of hydrogen-bond acceptors (Lipinski definition) is 4. The molecule has 5 nitrogen and oxygen atoms in total. The second-order valence-electron chi connectivity index (χ2n) is 7.82. The zero-order valence-electron chi connectivity index (χ0n) is 13.6. The Hall–Kier alpha value is -0.650. The van der Waals surface area contributed by atoms with E-state index < -0.39 is 0 Å². The molecular formula is C17H30N4O. The molecule has 4 rings (SSSR count). The highest BCUT2D eigenvalue weighted by Gasteiger charge is 2.41. The van der Waals surface area contributed by atoms with Gasteiger partial charge in [-0.15, -0.1) is 0 Å². The summed E-state index contributed by atoms with van der Waals surface area (Å²) in [6, 6.07) is 0.828. The van der Waals surface area contributed by atoms with Gasteiger partial charge in [0, 0.05) is 38.8 Å². The van der Waals surface area contributed by atoms with Crippen molar-refractivity contribution in [2.24, 2.45) is 5.41 Å². The molecule has 0 bridgehead atoms. The van der Waals surface area contributed by atoms with Crippen LogP contribution < -0.4 is 10.6 Å². The largest absolute Gasteiger partial charge is 0.353 e. The van der Waals surface area contributed by atoms with Gasteiger partial charge in [0.25, 0.3) is 0 Å². The Morgan fingerprint density at radius 3 is 2.41 bits per heavy atom. The van der Waals surface area contributed by atoms with Crippen molar-refractivity contribution in [3.8, 4) is 0 Å². The maximum absolute atomic E-state index is 12.1. The van der Waals surface area contributed by atoms with Crippen LogP contribution in [0.15, 0.2) is 0 Å². The van der Waals surface area contributed by atoms with Crippen LogP contribution in [0.4, 0.5) is 0 Å². The summed E-state index contributed by atoms with van der Waals surface area (Å²) in [6.45, 7) is 7.47. The van der Waals surface area contributed by atoms with Crippen LogP contribution in [0.3, 0.4) is 0 Å². The van der Waals surface area contributed by atoms with Crippen molar-refractivity contribution >= 4 is 5.91 Å². The number of rotatable bonds is 1. The number of amides is 1. The lowest BCUT2D eigenvalue weighted by Crippen LogP contribution is -2.65. The smallest absolute Gasteiger partial charge is 0.238 e. The molecule has 5 heteroatoms. The van der Waals surface area contributed by atoms with Crippen LogP contribution in [-0.2, 0) is 4.79 Å². The van der Waals surface area contributed by atoms with Crippen molar-refractivity contribution in [2.45, 2.75) is 50.6 Å². The number of piperazine rings is 2. The molecular weight excluding hydrogens is 276 g/mol. The molecule has 4 fully saturated rings. The summed E-state index contributed by atoms with van der Waals surface area (Å²) < 4.78 is 0. The van der Waals surface area contributed by atoms with E-state index in [9.17, 15) is 4.79 Å². The molecule has 1 spiro atoms. The van der Waals surface area contributed by atoms with Crippen LogP contribution in [0, 0.1) is 5.41 Å². The first kappa shape index (κ1) is 14.9. The molecule has 0 radical (unpaired) electrons. The molecule has 4 aliphatic rings. The third-order valence-electron chi connectivity index (χ3n) is 6.72. The number of carbonyl (C=O) groups is 1. The van der Waals surface area contributed by atoms with Crippen molar-refractivity contribution < 1.29 is 4.79 Å². The normalized spacial score (nSPS) is 34.4. The highest BCUT2D eigenvalue weighted by atomic mass is 16.2. The van der Waals surface area contributed by atoms with Crippen LogP contribution in [0.1, 0.15) is 38.5 Å². The molecule has 3 saturated heterocycles. The lowest BCUT2D eigenvalue weighted by Gasteiger charge is -2.49. The zero-order valence-corrected chi connectivity index (χ0v) is 13.6. The molecule has 1 amide bonds. The minimum absolute atomic E-state index is 0.109. The van der Waals surface area contributed by atoms with Crippen molar-refractivity contribution in [1.82, 2.24) is 20.4 Å². The summed E-state index contributed by atoms with van der Waals surface area (Å²) in [5.74, 6) is 0.251. The van der Waals surface area contributed by atoms with E-state index in [1.54, 1.807) is 0 Å². The molecule has 1 atom stereocenters. The number of hydrogen-bond donors (Lipinski definition) is 2. The van der Waals surface area contributed by atoms with Gasteiger partial charge in [0.1, 0.15) is 6.04 Å². The lowest BCUT2D eigenvalue weighted by atomic mass is 9.67. The SMILES string of the molecule is O=C1NCCN2CCN(C3CCC4(CCNCC4)CC3)C[C@H]12. The summed E-state index contributed by atoms with van der Waals surface area (Å²) in [4.78, 5) is 17.1. The summed E-state index contributed by atoms with van der Waals surface area (Å²) >= 11 is 0. The fourth-order valence-corrected chi connectivity index (χ4v) is 5.17. The lowest BCUT2D eigenvalue weighted by molar-refractivity contribution is -0.132. The third-order valence-corrected chi connectivity index (χ3v) is 6.72. The van der Waals surface area contributed by atoms with E-state index in [-0.39, 0.29) is 11.9 Å². The van der Waals surface area contributed by atoms with Gasteiger partial charge in [-0.2, -0.15) is 0 Å². The summed E-state index contributed by atoms with van der Waals surface area (Å²) in [7, 11) is 0. The maximum Gasteiger partial charge on any atom is 0.238 e. The van der Waals surface area contributed by atoms with Gasteiger partial charge in [-0.3, -0.25) is 14.6 Å². The topological polar surface area (TPSA) is 47.6 Å². The number of carbonyl (C=O) groups excluding carboxylic acids is 1. The van der Waals surface area contributed by atoms with Crippen LogP contribution in [-0.4, -0.2) is 73.6 Å². The standard InChI is InChI=1S/C17H30N4O/c22-16-15-13-21(12-11-20(15)10-9-19-16)14-1-3-17(4-2-14)5-7-18-8-6-17/h14-15,18H,1-13H2,(H,19,22)/t15-/m1/s1. The monoisotopic (exact) mass is 306 g/mol. The minimum Gasteiger partial charge on any atom is -0.353 e. The van der Waals surface area contributed by atoms with Gasteiger partial charge in [-0.25, -0.2) is 0 Å². The Morgan fingerprint density at radius 2 is 1.64 bits per heavy atom. The summed E-state index contributed by atoms with van der Waals surface area (Å²) in [5.41, 5.74) is 0.645. The molecule has 22 heavy (non-hydrogen) atoms. The average Bonchev–Trinajstić information content (AvgIpc) is 2.57. The predicted octanol–water partition coefficient (Wildman–Crippen LogP) is 0.415. The minimum atomic E-state index is 0.109. The Bertz CT molecular complexity index is 411. The predicted molar refractivity (Wildman–Crippen MR) is 86.7 cm³/mol. The summed E-state index contributed by atoms with van der Waals surface area (Å²) in [6.07, 6.45) is 8.23. The fraction of sp³-hybridized carbons (Fsp3) is 0.941. The number of nitrogens with zero attached hydrogens (tertiary/aromatic N) is 2. The van der Waals surface area contributed by atoms with Gasteiger partial charge in [-0.05, 0) is 57.0 Å². The Kier molecular flexibility index (Phi) is 4.13. The van der Waals surface area contributed by atoms with E-state index in [1.807, 2.05) is 0 Å². The number of nitrogens with one attached hydrogen (secondary N) is 2. The molecule has 1 aliphatic carbocycles. The van der Waals surface area contributed by atoms with E-state index in [2.05, 4.69) is 20.4 Å². The van der Waals surface area contributed by atoms with Gasteiger partial charge >= 0.3 is 0 Å². The van der Waals surface area contributed by atoms with Gasteiger partial charge in [0.05, 0.1) is 0 Å². The van der Waals surface area contributed by atoms with Crippen LogP contribution in [0.5, 0.6) is 0 Å². The van der Waals surface area contributed by atoms with Crippen molar-refractivity contribution in [3.63, 3.8) is 0 Å². The molecule has 124 valence electrons. The molecule has 0 aromatic heterocycles. The maximum atomic E-state index is 12.1. The van der Waals surface area contributed by atoms with E-state index in [1.165, 1.54) is 51.6 Å². The van der Waals surface area contributed by atoms with Crippen LogP contribution in [0.25, 0.3) is 0 Å². The molecule has 2 N–H and O–H groups in total. The van der Waals surface area contributed by atoms with Crippen molar-refractivity contribution in [2.75, 3.05) is 45.8 Å². The first-order valence-electron chi connectivity index (χ1n) is 9.22. The number of fused-ring (bicyclic) bond motifs is 1. The van der Waals surface area contributed by atoms with E-state index in [0.717, 1.165) is 38.8 Å². The third kappa shape index (κ3) is 2.79. The Labute approximate surface area is 133 Å². The molecule has 3 heterocycles. The first-order chi connectivity index (χ1) is 10.8.